The molecule has 0 aliphatic carbocycles. The molecular formula is C16H16BrFO3. The number of ether oxygens (including phenoxy) is 2. The predicted molar refractivity (Wildman–Crippen MR) is 82.3 cm³/mol. The summed E-state index contributed by atoms with van der Waals surface area (Å²) in [7, 11) is 3.01. The molecule has 0 spiro atoms. The first-order valence-electron chi connectivity index (χ1n) is 6.39. The van der Waals surface area contributed by atoms with Crippen LogP contribution in [0.5, 0.6) is 11.5 Å². The highest BCUT2D eigenvalue weighted by atomic mass is 79.9. The first-order valence-corrected chi connectivity index (χ1v) is 7.19. The third kappa shape index (κ3) is 3.54. The van der Waals surface area contributed by atoms with Gasteiger partial charge in [-0.15, -0.1) is 0 Å². The monoisotopic (exact) mass is 354 g/mol. The standard InChI is InChI=1S/C16H16BrFO3/c1-20-14-7-6-11(17)8-10(14)9-13(19)16-12(18)4-3-5-15(16)21-2/h3-8,13,19H,9H2,1-2H3. The summed E-state index contributed by atoms with van der Waals surface area (Å²) in [6.07, 6.45) is -0.802. The van der Waals surface area contributed by atoms with Gasteiger partial charge >= 0.3 is 0 Å². The Morgan fingerprint density at radius 1 is 1.14 bits per heavy atom. The number of hydrogen-bond donors (Lipinski definition) is 1. The summed E-state index contributed by atoms with van der Waals surface area (Å²) in [4.78, 5) is 0. The van der Waals surface area contributed by atoms with Crippen molar-refractivity contribution in [2.75, 3.05) is 14.2 Å². The highest BCUT2D eigenvalue weighted by Crippen LogP contribution is 2.33. The lowest BCUT2D eigenvalue weighted by Gasteiger charge is -2.17. The van der Waals surface area contributed by atoms with Crippen LogP contribution in [0.1, 0.15) is 17.2 Å². The molecule has 0 saturated heterocycles. The SMILES string of the molecule is COc1ccc(Br)cc1CC(O)c1c(F)cccc1OC. The van der Waals surface area contributed by atoms with E-state index in [4.69, 9.17) is 9.47 Å². The van der Waals surface area contributed by atoms with Crippen LogP contribution in [0.15, 0.2) is 40.9 Å². The molecule has 0 bridgehead atoms. The summed E-state index contributed by atoms with van der Waals surface area (Å²) in [5.74, 6) is 0.486. The van der Waals surface area contributed by atoms with E-state index in [1.165, 1.54) is 13.2 Å². The Kier molecular flexibility index (Phi) is 5.20. The average molecular weight is 355 g/mol. The first kappa shape index (κ1) is 15.8. The molecule has 1 atom stereocenters. The van der Waals surface area contributed by atoms with E-state index >= 15 is 0 Å². The van der Waals surface area contributed by atoms with Crippen LogP contribution in [0.2, 0.25) is 0 Å². The Morgan fingerprint density at radius 3 is 2.52 bits per heavy atom. The zero-order chi connectivity index (χ0) is 15.4. The van der Waals surface area contributed by atoms with E-state index in [-0.39, 0.29) is 12.0 Å². The molecule has 0 aliphatic rings. The molecule has 0 heterocycles. The first-order chi connectivity index (χ1) is 10.1. The highest BCUT2D eigenvalue weighted by molar-refractivity contribution is 9.10. The molecule has 0 radical (unpaired) electrons. The van der Waals surface area contributed by atoms with E-state index in [1.807, 2.05) is 12.1 Å². The number of aliphatic hydroxyl groups excluding tert-OH is 1. The van der Waals surface area contributed by atoms with Gasteiger partial charge in [0.05, 0.1) is 25.9 Å². The third-order valence-electron chi connectivity index (χ3n) is 3.22. The van der Waals surface area contributed by atoms with E-state index in [0.29, 0.717) is 11.5 Å². The van der Waals surface area contributed by atoms with Crippen molar-refractivity contribution in [3.8, 4) is 11.5 Å². The molecule has 0 aliphatic heterocycles. The Morgan fingerprint density at radius 2 is 1.86 bits per heavy atom. The van der Waals surface area contributed by atoms with Gasteiger partial charge in [-0.25, -0.2) is 4.39 Å². The fourth-order valence-electron chi connectivity index (χ4n) is 2.24. The molecule has 0 fully saturated rings. The predicted octanol–water partition coefficient (Wildman–Crippen LogP) is 3.88. The van der Waals surface area contributed by atoms with Gasteiger partial charge in [-0.2, -0.15) is 0 Å². The maximum Gasteiger partial charge on any atom is 0.132 e. The fraction of sp³-hybridized carbons (Fsp3) is 0.250. The zero-order valence-corrected chi connectivity index (χ0v) is 13.4. The zero-order valence-electron chi connectivity index (χ0n) is 11.8. The topological polar surface area (TPSA) is 38.7 Å². The van der Waals surface area contributed by atoms with Crippen LogP contribution >= 0.6 is 15.9 Å². The molecule has 1 unspecified atom stereocenters. The molecule has 2 aromatic carbocycles. The van der Waals surface area contributed by atoms with Crippen molar-refractivity contribution in [2.24, 2.45) is 0 Å². The van der Waals surface area contributed by atoms with Crippen molar-refractivity contribution >= 4 is 15.9 Å². The second-order valence-corrected chi connectivity index (χ2v) is 5.45. The molecule has 112 valence electrons. The number of rotatable bonds is 5. The van der Waals surface area contributed by atoms with Gasteiger partial charge in [0.15, 0.2) is 0 Å². The molecule has 5 heteroatoms. The van der Waals surface area contributed by atoms with Crippen molar-refractivity contribution in [2.45, 2.75) is 12.5 Å². The van der Waals surface area contributed by atoms with Gasteiger partial charge in [-0.05, 0) is 35.9 Å². The van der Waals surface area contributed by atoms with E-state index < -0.39 is 11.9 Å². The van der Waals surface area contributed by atoms with Gasteiger partial charge in [-0.1, -0.05) is 22.0 Å². The maximum absolute atomic E-state index is 14.0. The number of methoxy groups -OCH3 is 2. The summed E-state index contributed by atoms with van der Waals surface area (Å²) < 4.78 is 25.2. The lowest BCUT2D eigenvalue weighted by atomic mass is 9.99. The van der Waals surface area contributed by atoms with Crippen molar-refractivity contribution in [1.29, 1.82) is 0 Å². The van der Waals surface area contributed by atoms with Gasteiger partial charge in [0, 0.05) is 10.9 Å². The van der Waals surface area contributed by atoms with Gasteiger partial charge < -0.3 is 14.6 Å². The number of hydrogen-bond acceptors (Lipinski definition) is 3. The Balaban J connectivity index is 2.34. The van der Waals surface area contributed by atoms with Crippen LogP contribution in [-0.4, -0.2) is 19.3 Å². The Bertz CT molecular complexity index is 631. The highest BCUT2D eigenvalue weighted by Gasteiger charge is 2.20. The quantitative estimate of drug-likeness (QED) is 0.885. The largest absolute Gasteiger partial charge is 0.496 e. The normalized spacial score (nSPS) is 12.0. The van der Waals surface area contributed by atoms with Crippen LogP contribution in [0, 0.1) is 5.82 Å². The minimum atomic E-state index is -1.02. The van der Waals surface area contributed by atoms with Gasteiger partial charge in [0.25, 0.3) is 0 Å². The lowest BCUT2D eigenvalue weighted by molar-refractivity contribution is 0.167. The Labute approximate surface area is 131 Å². The summed E-state index contributed by atoms with van der Waals surface area (Å²) >= 11 is 3.38. The van der Waals surface area contributed by atoms with E-state index in [1.54, 1.807) is 25.3 Å². The minimum absolute atomic E-state index is 0.155. The van der Waals surface area contributed by atoms with Gasteiger partial charge in [0.1, 0.15) is 17.3 Å². The number of halogens is 2. The molecule has 1 N–H and O–H groups in total. The molecular weight excluding hydrogens is 339 g/mol. The summed E-state index contributed by atoms with van der Waals surface area (Å²) in [5.41, 5.74) is 0.937. The summed E-state index contributed by atoms with van der Waals surface area (Å²) in [5, 5.41) is 10.4. The van der Waals surface area contributed by atoms with Crippen molar-refractivity contribution in [3.63, 3.8) is 0 Å². The molecule has 2 rings (SSSR count). The Hall–Kier alpha value is -1.59. The van der Waals surface area contributed by atoms with Gasteiger partial charge in [0.2, 0.25) is 0 Å². The van der Waals surface area contributed by atoms with Crippen molar-refractivity contribution < 1.29 is 19.0 Å². The lowest BCUT2D eigenvalue weighted by Crippen LogP contribution is -2.07. The molecule has 0 saturated carbocycles. The van der Waals surface area contributed by atoms with Crippen LogP contribution < -0.4 is 9.47 Å². The van der Waals surface area contributed by atoms with Crippen LogP contribution in [0.4, 0.5) is 4.39 Å². The van der Waals surface area contributed by atoms with Crippen LogP contribution in [-0.2, 0) is 6.42 Å². The molecule has 0 amide bonds. The fourth-order valence-corrected chi connectivity index (χ4v) is 2.64. The molecule has 2 aromatic rings. The second-order valence-electron chi connectivity index (χ2n) is 4.53. The van der Waals surface area contributed by atoms with E-state index in [9.17, 15) is 9.50 Å². The van der Waals surface area contributed by atoms with E-state index in [0.717, 1.165) is 10.0 Å². The van der Waals surface area contributed by atoms with Gasteiger partial charge in [-0.3, -0.25) is 0 Å². The molecule has 0 aromatic heterocycles. The van der Waals surface area contributed by atoms with E-state index in [2.05, 4.69) is 15.9 Å². The second kappa shape index (κ2) is 6.91. The van der Waals surface area contributed by atoms with Crippen LogP contribution in [0.3, 0.4) is 0 Å². The third-order valence-corrected chi connectivity index (χ3v) is 3.72. The molecule has 21 heavy (non-hydrogen) atoms. The average Bonchev–Trinajstić information content (AvgIpc) is 2.47. The van der Waals surface area contributed by atoms with Crippen LogP contribution in [0.25, 0.3) is 0 Å². The van der Waals surface area contributed by atoms with Crippen molar-refractivity contribution in [1.82, 2.24) is 0 Å². The molecule has 3 nitrogen and oxygen atoms in total. The minimum Gasteiger partial charge on any atom is -0.496 e. The smallest absolute Gasteiger partial charge is 0.132 e. The summed E-state index contributed by atoms with van der Waals surface area (Å²) in [6, 6.07) is 9.96. The number of benzene rings is 2. The summed E-state index contributed by atoms with van der Waals surface area (Å²) in [6.45, 7) is 0. The maximum atomic E-state index is 14.0. The van der Waals surface area contributed by atoms with Crippen molar-refractivity contribution in [3.05, 3.63) is 57.8 Å². The number of aliphatic hydroxyl groups is 1.